The van der Waals surface area contributed by atoms with E-state index in [-0.39, 0.29) is 0 Å². The van der Waals surface area contributed by atoms with Crippen LogP contribution in [0.2, 0.25) is 10.0 Å². The standard InChI is InChI=1S/C15H10BrCl2N3O2/c16-10-2-5-12(6-3-10)20-14(22)15(23)21-19-8-9-1-4-11(17)7-13(9)18/h1-8H,(H,20,22)(H,21,23). The van der Waals surface area contributed by atoms with Crippen molar-refractivity contribution in [3.8, 4) is 0 Å². The van der Waals surface area contributed by atoms with Gasteiger partial charge in [0.1, 0.15) is 0 Å². The topological polar surface area (TPSA) is 70.6 Å². The van der Waals surface area contributed by atoms with Crippen molar-refractivity contribution in [1.82, 2.24) is 5.43 Å². The van der Waals surface area contributed by atoms with E-state index in [4.69, 9.17) is 23.2 Å². The molecule has 0 aliphatic carbocycles. The summed E-state index contributed by atoms with van der Waals surface area (Å²) in [6.07, 6.45) is 1.32. The molecule has 2 rings (SSSR count). The highest BCUT2D eigenvalue weighted by Gasteiger charge is 2.12. The molecule has 0 bridgehead atoms. The molecule has 0 saturated carbocycles. The van der Waals surface area contributed by atoms with Gasteiger partial charge in [-0.15, -0.1) is 0 Å². The number of carbonyl (C=O) groups excluding carboxylic acids is 2. The van der Waals surface area contributed by atoms with E-state index in [9.17, 15) is 9.59 Å². The lowest BCUT2D eigenvalue weighted by Crippen LogP contribution is -2.32. The average Bonchev–Trinajstić information content (AvgIpc) is 2.51. The fourth-order valence-electron chi connectivity index (χ4n) is 1.54. The van der Waals surface area contributed by atoms with Crippen LogP contribution >= 0.6 is 39.1 Å². The molecule has 0 saturated heterocycles. The number of nitrogens with one attached hydrogen (secondary N) is 2. The molecule has 2 aromatic carbocycles. The quantitative estimate of drug-likeness (QED) is 0.455. The van der Waals surface area contributed by atoms with Crippen molar-refractivity contribution in [2.45, 2.75) is 0 Å². The molecule has 0 aromatic heterocycles. The molecule has 5 nitrogen and oxygen atoms in total. The molecular formula is C15H10BrCl2N3O2. The van der Waals surface area contributed by atoms with Gasteiger partial charge >= 0.3 is 11.8 Å². The zero-order valence-corrected chi connectivity index (χ0v) is 14.6. The monoisotopic (exact) mass is 413 g/mol. The lowest BCUT2D eigenvalue weighted by atomic mass is 10.2. The summed E-state index contributed by atoms with van der Waals surface area (Å²) >= 11 is 15.0. The second-order valence-corrected chi connectivity index (χ2v) is 6.09. The van der Waals surface area contributed by atoms with Crippen LogP contribution in [0, 0.1) is 0 Å². The highest BCUT2D eigenvalue weighted by atomic mass is 79.9. The third-order valence-electron chi connectivity index (χ3n) is 2.64. The molecule has 0 heterocycles. The molecule has 2 amide bonds. The Labute approximate surface area is 150 Å². The predicted molar refractivity (Wildman–Crippen MR) is 95.0 cm³/mol. The van der Waals surface area contributed by atoms with Crippen LogP contribution in [-0.4, -0.2) is 18.0 Å². The van der Waals surface area contributed by atoms with Crippen molar-refractivity contribution in [2.75, 3.05) is 5.32 Å². The molecule has 23 heavy (non-hydrogen) atoms. The van der Waals surface area contributed by atoms with Gasteiger partial charge in [0.25, 0.3) is 0 Å². The Balaban J connectivity index is 1.92. The number of hydrogen-bond acceptors (Lipinski definition) is 3. The van der Waals surface area contributed by atoms with E-state index >= 15 is 0 Å². The number of halogens is 3. The molecule has 0 unspecified atom stereocenters. The van der Waals surface area contributed by atoms with Gasteiger partial charge in [-0.25, -0.2) is 5.43 Å². The lowest BCUT2D eigenvalue weighted by molar-refractivity contribution is -0.136. The van der Waals surface area contributed by atoms with Crippen LogP contribution in [0.25, 0.3) is 0 Å². The molecular weight excluding hydrogens is 405 g/mol. The molecule has 0 aliphatic rings. The van der Waals surface area contributed by atoms with Crippen LogP contribution < -0.4 is 10.7 Å². The predicted octanol–water partition coefficient (Wildman–Crippen LogP) is 3.84. The average molecular weight is 415 g/mol. The number of hydrazone groups is 1. The van der Waals surface area contributed by atoms with E-state index in [1.807, 2.05) is 0 Å². The van der Waals surface area contributed by atoms with E-state index in [0.29, 0.717) is 21.3 Å². The van der Waals surface area contributed by atoms with Gasteiger partial charge in [-0.1, -0.05) is 45.2 Å². The Morgan fingerprint density at radius 3 is 2.39 bits per heavy atom. The Morgan fingerprint density at radius 1 is 1.04 bits per heavy atom. The van der Waals surface area contributed by atoms with E-state index in [2.05, 4.69) is 31.8 Å². The number of nitrogens with zero attached hydrogens (tertiary/aromatic N) is 1. The van der Waals surface area contributed by atoms with Crippen LogP contribution in [0.5, 0.6) is 0 Å². The summed E-state index contributed by atoms with van der Waals surface area (Å²) in [5.41, 5.74) is 3.18. The smallest absolute Gasteiger partial charge is 0.318 e. The number of hydrogen-bond donors (Lipinski definition) is 2. The van der Waals surface area contributed by atoms with Crippen molar-refractivity contribution in [3.05, 3.63) is 62.5 Å². The normalized spacial score (nSPS) is 10.6. The molecule has 0 aliphatic heterocycles. The van der Waals surface area contributed by atoms with E-state index in [1.165, 1.54) is 6.21 Å². The van der Waals surface area contributed by atoms with Gasteiger partial charge in [0.05, 0.1) is 11.2 Å². The summed E-state index contributed by atoms with van der Waals surface area (Å²) in [4.78, 5) is 23.3. The first-order valence-electron chi connectivity index (χ1n) is 6.31. The Kier molecular flexibility index (Phi) is 6.15. The zero-order chi connectivity index (χ0) is 16.8. The van der Waals surface area contributed by atoms with Gasteiger partial charge in [-0.05, 0) is 36.4 Å². The number of benzene rings is 2. The molecule has 8 heteroatoms. The van der Waals surface area contributed by atoms with Crippen molar-refractivity contribution in [3.63, 3.8) is 0 Å². The maximum Gasteiger partial charge on any atom is 0.329 e. The molecule has 2 N–H and O–H groups in total. The van der Waals surface area contributed by atoms with Gasteiger partial charge in [0.2, 0.25) is 0 Å². The highest BCUT2D eigenvalue weighted by molar-refractivity contribution is 9.10. The van der Waals surface area contributed by atoms with Gasteiger partial charge in [0.15, 0.2) is 0 Å². The first-order valence-corrected chi connectivity index (χ1v) is 7.85. The van der Waals surface area contributed by atoms with Crippen LogP contribution in [0.4, 0.5) is 5.69 Å². The van der Waals surface area contributed by atoms with Gasteiger partial charge in [-0.3, -0.25) is 9.59 Å². The first kappa shape index (κ1) is 17.5. The molecule has 2 aromatic rings. The third kappa shape index (κ3) is 5.35. The summed E-state index contributed by atoms with van der Waals surface area (Å²) in [5.74, 6) is -1.72. The second kappa shape index (κ2) is 8.10. The van der Waals surface area contributed by atoms with E-state index < -0.39 is 11.8 Å². The lowest BCUT2D eigenvalue weighted by Gasteiger charge is -2.04. The molecule has 118 valence electrons. The largest absolute Gasteiger partial charge is 0.329 e. The van der Waals surface area contributed by atoms with Crippen LogP contribution in [0.15, 0.2) is 52.0 Å². The first-order chi connectivity index (χ1) is 11.0. The minimum Gasteiger partial charge on any atom is -0.318 e. The molecule has 0 spiro atoms. The van der Waals surface area contributed by atoms with Crippen molar-refractivity contribution in [2.24, 2.45) is 5.10 Å². The summed E-state index contributed by atoms with van der Waals surface area (Å²) < 4.78 is 0.865. The fourth-order valence-corrected chi connectivity index (χ4v) is 2.26. The summed E-state index contributed by atoms with van der Waals surface area (Å²) in [7, 11) is 0. The third-order valence-corrected chi connectivity index (χ3v) is 3.73. The summed E-state index contributed by atoms with van der Waals surface area (Å²) in [6, 6.07) is 11.6. The molecule has 0 radical (unpaired) electrons. The summed E-state index contributed by atoms with van der Waals surface area (Å²) in [5, 5.41) is 7.01. The van der Waals surface area contributed by atoms with Crippen LogP contribution in [-0.2, 0) is 9.59 Å². The maximum atomic E-state index is 11.7. The zero-order valence-electron chi connectivity index (χ0n) is 11.5. The molecule has 0 fully saturated rings. The number of carbonyl (C=O) groups is 2. The van der Waals surface area contributed by atoms with E-state index in [0.717, 1.165) is 4.47 Å². The van der Waals surface area contributed by atoms with Crippen LogP contribution in [0.1, 0.15) is 5.56 Å². The van der Waals surface area contributed by atoms with Gasteiger partial charge in [-0.2, -0.15) is 5.10 Å². The van der Waals surface area contributed by atoms with E-state index in [1.54, 1.807) is 42.5 Å². The second-order valence-electron chi connectivity index (χ2n) is 4.33. The van der Waals surface area contributed by atoms with Crippen molar-refractivity contribution < 1.29 is 9.59 Å². The fraction of sp³-hybridized carbons (Fsp3) is 0. The Morgan fingerprint density at radius 2 is 1.74 bits per heavy atom. The number of anilines is 1. The minimum atomic E-state index is -0.894. The van der Waals surface area contributed by atoms with Gasteiger partial charge in [0, 0.05) is 20.7 Å². The van der Waals surface area contributed by atoms with Crippen molar-refractivity contribution >= 4 is 62.8 Å². The van der Waals surface area contributed by atoms with Gasteiger partial charge < -0.3 is 5.32 Å². The number of rotatable bonds is 3. The SMILES string of the molecule is O=C(NN=Cc1ccc(Cl)cc1Cl)C(=O)Nc1ccc(Br)cc1. The Bertz CT molecular complexity index is 764. The highest BCUT2D eigenvalue weighted by Crippen LogP contribution is 2.19. The number of amides is 2. The molecule has 0 atom stereocenters. The maximum absolute atomic E-state index is 11.7. The Hall–Kier alpha value is -1.89. The minimum absolute atomic E-state index is 0.384. The van der Waals surface area contributed by atoms with Crippen LogP contribution in [0.3, 0.4) is 0 Å². The van der Waals surface area contributed by atoms with Crippen molar-refractivity contribution in [1.29, 1.82) is 0 Å². The summed E-state index contributed by atoms with van der Waals surface area (Å²) in [6.45, 7) is 0.